The number of hydrogen-bond acceptors (Lipinski definition) is 4. The van der Waals surface area contributed by atoms with Crippen molar-refractivity contribution in [3.8, 4) is 5.69 Å². The van der Waals surface area contributed by atoms with Crippen LogP contribution in [-0.4, -0.2) is 29.1 Å². The first-order valence-corrected chi connectivity index (χ1v) is 10.3. The first-order valence-electron chi connectivity index (χ1n) is 8.76. The maximum absolute atomic E-state index is 13.5. The van der Waals surface area contributed by atoms with E-state index < -0.39 is 26.8 Å². The van der Waals surface area contributed by atoms with Crippen molar-refractivity contribution < 1.29 is 17.6 Å². The summed E-state index contributed by atoms with van der Waals surface area (Å²) in [6.07, 6.45) is 3.57. The number of benzene rings is 2. The summed E-state index contributed by atoms with van der Waals surface area (Å²) in [5.41, 5.74) is 1.92. The fourth-order valence-corrected chi connectivity index (χ4v) is 3.99. The van der Waals surface area contributed by atoms with Crippen molar-refractivity contribution in [3.63, 3.8) is 0 Å². The average molecular weight is 401 g/mol. The van der Waals surface area contributed by atoms with Gasteiger partial charge in [0.2, 0.25) is 20.9 Å². The van der Waals surface area contributed by atoms with Gasteiger partial charge in [0.15, 0.2) is 0 Å². The zero-order valence-corrected chi connectivity index (χ0v) is 16.3. The summed E-state index contributed by atoms with van der Waals surface area (Å²) in [4.78, 5) is 16.4. The molecule has 3 aromatic rings. The molecule has 1 amide bonds. The van der Waals surface area contributed by atoms with Crippen LogP contribution in [0.1, 0.15) is 19.4 Å². The van der Waals surface area contributed by atoms with Crippen LogP contribution in [0.3, 0.4) is 0 Å². The van der Waals surface area contributed by atoms with Crippen LogP contribution in [0.2, 0.25) is 0 Å². The van der Waals surface area contributed by atoms with Gasteiger partial charge >= 0.3 is 0 Å². The fraction of sp³-hybridized carbons (Fsp3) is 0.200. The molecule has 0 saturated heterocycles. The minimum Gasteiger partial charge on any atom is -0.325 e. The number of nitrogens with zero attached hydrogens (tertiary/aromatic N) is 2. The van der Waals surface area contributed by atoms with Gasteiger partial charge in [-0.15, -0.1) is 0 Å². The van der Waals surface area contributed by atoms with E-state index in [1.807, 2.05) is 19.1 Å². The number of carbonyl (C=O) groups excluding carboxylic acids is 1. The van der Waals surface area contributed by atoms with Crippen LogP contribution in [0, 0.1) is 5.82 Å². The van der Waals surface area contributed by atoms with Crippen molar-refractivity contribution in [3.05, 3.63) is 72.3 Å². The quantitative estimate of drug-likeness (QED) is 0.687. The Morgan fingerprint density at radius 2 is 1.93 bits per heavy atom. The van der Waals surface area contributed by atoms with E-state index in [2.05, 4.69) is 10.3 Å². The summed E-state index contributed by atoms with van der Waals surface area (Å²) in [7, 11) is -4.10. The molecule has 0 aliphatic rings. The third-order valence-corrected chi connectivity index (χ3v) is 6.37. The van der Waals surface area contributed by atoms with Crippen molar-refractivity contribution in [1.82, 2.24) is 9.55 Å². The van der Waals surface area contributed by atoms with Crippen LogP contribution in [-0.2, 0) is 21.1 Å². The lowest BCUT2D eigenvalue weighted by Gasteiger charge is -2.14. The molecule has 1 heterocycles. The van der Waals surface area contributed by atoms with Crippen LogP contribution in [0.15, 0.2) is 66.1 Å². The van der Waals surface area contributed by atoms with Gasteiger partial charge in [0.1, 0.15) is 11.1 Å². The predicted molar refractivity (Wildman–Crippen MR) is 105 cm³/mol. The Morgan fingerprint density at radius 1 is 1.21 bits per heavy atom. The van der Waals surface area contributed by atoms with E-state index >= 15 is 0 Å². The Labute approximate surface area is 163 Å². The molecule has 0 bridgehead atoms. The highest BCUT2D eigenvalue weighted by atomic mass is 32.2. The highest BCUT2D eigenvalue weighted by Crippen LogP contribution is 2.21. The molecule has 0 fully saturated rings. The SMILES string of the molecule is CCc1ccc(NC(=O)C(C)S(=O)(=O)c2nccn2-c2cccc(F)c2)cc1. The summed E-state index contributed by atoms with van der Waals surface area (Å²) in [6.45, 7) is 3.32. The molecule has 1 atom stereocenters. The molecule has 3 rings (SSSR count). The van der Waals surface area contributed by atoms with Crippen LogP contribution < -0.4 is 5.32 Å². The molecule has 0 spiro atoms. The van der Waals surface area contributed by atoms with Crippen LogP contribution >= 0.6 is 0 Å². The van der Waals surface area contributed by atoms with E-state index in [4.69, 9.17) is 0 Å². The van der Waals surface area contributed by atoms with Crippen LogP contribution in [0.5, 0.6) is 0 Å². The number of amides is 1. The standard InChI is InChI=1S/C20H20FN3O3S/c1-3-15-7-9-17(10-8-15)23-19(25)14(2)28(26,27)20-22-11-12-24(20)18-6-4-5-16(21)13-18/h4-14H,3H2,1-2H3,(H,23,25). The Hall–Kier alpha value is -3.00. The second-order valence-corrected chi connectivity index (χ2v) is 8.45. The molecular weight excluding hydrogens is 381 g/mol. The van der Waals surface area contributed by atoms with E-state index in [0.29, 0.717) is 11.4 Å². The van der Waals surface area contributed by atoms with Gasteiger partial charge in [0.05, 0.1) is 5.69 Å². The molecule has 2 aromatic carbocycles. The van der Waals surface area contributed by atoms with Gasteiger partial charge in [-0.05, 0) is 49.2 Å². The van der Waals surface area contributed by atoms with Gasteiger partial charge in [-0.2, -0.15) is 0 Å². The van der Waals surface area contributed by atoms with E-state index in [-0.39, 0.29) is 5.16 Å². The topological polar surface area (TPSA) is 81.1 Å². The van der Waals surface area contributed by atoms with Gasteiger partial charge in [-0.25, -0.2) is 17.8 Å². The number of nitrogens with one attached hydrogen (secondary N) is 1. The molecule has 1 aromatic heterocycles. The molecule has 0 radical (unpaired) electrons. The summed E-state index contributed by atoms with van der Waals surface area (Å²) in [5.74, 6) is -1.17. The van der Waals surface area contributed by atoms with E-state index in [1.54, 1.807) is 18.2 Å². The van der Waals surface area contributed by atoms with Crippen molar-refractivity contribution >= 4 is 21.4 Å². The molecular formula is C20H20FN3O3S. The van der Waals surface area contributed by atoms with Crippen molar-refractivity contribution in [2.24, 2.45) is 0 Å². The minimum atomic E-state index is -4.10. The average Bonchev–Trinajstić information content (AvgIpc) is 3.19. The van der Waals surface area contributed by atoms with E-state index in [9.17, 15) is 17.6 Å². The number of aryl methyl sites for hydroxylation is 1. The lowest BCUT2D eigenvalue weighted by atomic mass is 10.1. The maximum Gasteiger partial charge on any atom is 0.242 e. The number of hydrogen-bond donors (Lipinski definition) is 1. The fourth-order valence-electron chi connectivity index (χ4n) is 2.69. The summed E-state index contributed by atoms with van der Waals surface area (Å²) < 4.78 is 40.7. The first kappa shape index (κ1) is 19.8. The zero-order valence-electron chi connectivity index (χ0n) is 15.5. The Balaban J connectivity index is 1.86. The number of carbonyl (C=O) groups is 1. The highest BCUT2D eigenvalue weighted by molar-refractivity contribution is 7.92. The zero-order chi connectivity index (χ0) is 20.3. The minimum absolute atomic E-state index is 0.304. The number of anilines is 1. The van der Waals surface area contributed by atoms with Gasteiger partial charge < -0.3 is 5.32 Å². The van der Waals surface area contributed by atoms with Gasteiger partial charge in [-0.3, -0.25) is 9.36 Å². The monoisotopic (exact) mass is 401 g/mol. The van der Waals surface area contributed by atoms with Gasteiger partial charge in [-0.1, -0.05) is 25.1 Å². The second-order valence-electron chi connectivity index (χ2n) is 6.29. The summed E-state index contributed by atoms with van der Waals surface area (Å²) >= 11 is 0. The molecule has 6 nitrogen and oxygen atoms in total. The van der Waals surface area contributed by atoms with Crippen LogP contribution in [0.4, 0.5) is 10.1 Å². The first-order chi connectivity index (χ1) is 13.3. The van der Waals surface area contributed by atoms with Gasteiger partial charge in [0, 0.05) is 18.1 Å². The molecule has 1 unspecified atom stereocenters. The van der Waals surface area contributed by atoms with Gasteiger partial charge in [0.25, 0.3) is 0 Å². The van der Waals surface area contributed by atoms with Crippen molar-refractivity contribution in [2.75, 3.05) is 5.32 Å². The number of rotatable bonds is 6. The van der Waals surface area contributed by atoms with E-state index in [1.165, 1.54) is 42.1 Å². The molecule has 0 aliphatic heterocycles. The van der Waals surface area contributed by atoms with Crippen molar-refractivity contribution in [2.45, 2.75) is 30.7 Å². The molecule has 8 heteroatoms. The smallest absolute Gasteiger partial charge is 0.242 e. The normalized spacial score (nSPS) is 12.5. The van der Waals surface area contributed by atoms with E-state index in [0.717, 1.165) is 12.0 Å². The van der Waals surface area contributed by atoms with Crippen molar-refractivity contribution in [1.29, 1.82) is 0 Å². The number of halogens is 1. The number of imidazole rings is 1. The Morgan fingerprint density at radius 3 is 2.57 bits per heavy atom. The molecule has 0 saturated carbocycles. The Kier molecular flexibility index (Phi) is 5.60. The molecule has 1 N–H and O–H groups in total. The van der Waals surface area contributed by atoms with Crippen LogP contribution in [0.25, 0.3) is 5.69 Å². The lowest BCUT2D eigenvalue weighted by molar-refractivity contribution is -0.115. The number of aromatic nitrogens is 2. The summed E-state index contributed by atoms with van der Waals surface area (Å²) in [5, 5.41) is 0.915. The molecule has 28 heavy (non-hydrogen) atoms. The predicted octanol–water partition coefficient (Wildman–Crippen LogP) is 3.37. The third-order valence-electron chi connectivity index (χ3n) is 4.41. The highest BCUT2D eigenvalue weighted by Gasteiger charge is 2.33. The lowest BCUT2D eigenvalue weighted by Crippen LogP contribution is -2.34. The Bertz CT molecular complexity index is 1090. The molecule has 0 aliphatic carbocycles. The summed E-state index contributed by atoms with van der Waals surface area (Å²) in [6, 6.07) is 12.7. The maximum atomic E-state index is 13.5. The largest absolute Gasteiger partial charge is 0.325 e. The second kappa shape index (κ2) is 7.93. The number of sulfone groups is 1. The third kappa shape index (κ3) is 3.96. The molecule has 146 valence electrons.